The molecule has 0 radical (unpaired) electrons. The number of aromatic nitrogens is 7. The molecule has 0 atom stereocenters. The van der Waals surface area contributed by atoms with Crippen molar-refractivity contribution in [2.24, 2.45) is 5.41 Å². The van der Waals surface area contributed by atoms with Crippen LogP contribution in [0.25, 0.3) is 44.7 Å². The second-order valence-corrected chi connectivity index (χ2v) is 10.5. The summed E-state index contributed by atoms with van der Waals surface area (Å²) in [5.41, 5.74) is 6.05. The Morgan fingerprint density at radius 1 is 0.973 bits per heavy atom. The van der Waals surface area contributed by atoms with Gasteiger partial charge in [-0.3, -0.25) is 19.9 Å². The number of carbonyl (C=O) groups excluding carboxylic acids is 1. The fraction of sp³-hybridized carbons (Fsp3) is 0.333. The Morgan fingerprint density at radius 2 is 1.76 bits per heavy atom. The van der Waals surface area contributed by atoms with Crippen LogP contribution in [0.3, 0.4) is 0 Å². The monoisotopic (exact) mass is 495 g/mol. The van der Waals surface area contributed by atoms with Crippen molar-refractivity contribution >= 4 is 39.3 Å². The number of fused-ring (bicyclic) bond motifs is 2. The molecular formula is C27H29N9O. The van der Waals surface area contributed by atoms with Gasteiger partial charge in [0.25, 0.3) is 0 Å². The van der Waals surface area contributed by atoms with Gasteiger partial charge in [0, 0.05) is 42.0 Å². The van der Waals surface area contributed by atoms with E-state index >= 15 is 0 Å². The van der Waals surface area contributed by atoms with Crippen LogP contribution in [-0.2, 0) is 4.79 Å². The van der Waals surface area contributed by atoms with Gasteiger partial charge in [0.1, 0.15) is 11.2 Å². The lowest BCUT2D eigenvalue weighted by molar-refractivity contribution is -0.123. The zero-order valence-corrected chi connectivity index (χ0v) is 21.2. The van der Waals surface area contributed by atoms with Gasteiger partial charge < -0.3 is 15.2 Å². The summed E-state index contributed by atoms with van der Waals surface area (Å²) in [6.07, 6.45) is 12.5. The number of pyridine rings is 3. The van der Waals surface area contributed by atoms with Gasteiger partial charge in [-0.25, -0.2) is 9.97 Å². The van der Waals surface area contributed by atoms with E-state index in [1.165, 1.54) is 19.3 Å². The molecule has 5 aromatic heterocycles. The van der Waals surface area contributed by atoms with Gasteiger partial charge in [0.15, 0.2) is 11.5 Å². The van der Waals surface area contributed by atoms with E-state index in [2.05, 4.69) is 40.3 Å². The number of piperidine rings is 1. The number of H-pyrrole nitrogens is 2. The van der Waals surface area contributed by atoms with Crippen LogP contribution in [0.4, 0.5) is 11.4 Å². The number of hydrogen-bond acceptors (Lipinski definition) is 7. The molecule has 0 aliphatic carbocycles. The molecule has 6 rings (SSSR count). The lowest BCUT2D eigenvalue weighted by Gasteiger charge is -2.28. The highest BCUT2D eigenvalue weighted by Crippen LogP contribution is 2.32. The molecule has 1 amide bonds. The average Bonchev–Trinajstić information content (AvgIpc) is 3.52. The number of aromatic amines is 2. The van der Waals surface area contributed by atoms with Crippen LogP contribution in [0.2, 0.25) is 0 Å². The minimum atomic E-state index is -0.502. The second kappa shape index (κ2) is 8.95. The Labute approximate surface area is 214 Å². The summed E-state index contributed by atoms with van der Waals surface area (Å²) in [7, 11) is 0. The number of amides is 1. The predicted octanol–water partition coefficient (Wildman–Crippen LogP) is 4.93. The third kappa shape index (κ3) is 4.39. The van der Waals surface area contributed by atoms with Crippen molar-refractivity contribution in [3.63, 3.8) is 0 Å². The minimum absolute atomic E-state index is 0.0690. The Balaban J connectivity index is 1.37. The zero-order valence-electron chi connectivity index (χ0n) is 21.2. The predicted molar refractivity (Wildman–Crippen MR) is 144 cm³/mol. The molecule has 37 heavy (non-hydrogen) atoms. The highest BCUT2D eigenvalue weighted by molar-refractivity contribution is 5.97. The van der Waals surface area contributed by atoms with Crippen LogP contribution in [0.15, 0.2) is 43.1 Å². The molecule has 6 heterocycles. The molecule has 3 N–H and O–H groups in total. The number of carbonyl (C=O) groups is 1. The van der Waals surface area contributed by atoms with Crippen molar-refractivity contribution in [1.29, 1.82) is 0 Å². The molecule has 1 saturated heterocycles. The van der Waals surface area contributed by atoms with Crippen LogP contribution >= 0.6 is 0 Å². The van der Waals surface area contributed by atoms with Gasteiger partial charge in [0.05, 0.1) is 40.9 Å². The van der Waals surface area contributed by atoms with Gasteiger partial charge >= 0.3 is 0 Å². The summed E-state index contributed by atoms with van der Waals surface area (Å²) in [5, 5.41) is 11.3. The van der Waals surface area contributed by atoms with Crippen molar-refractivity contribution in [2.75, 3.05) is 23.3 Å². The number of hydrogen-bond donors (Lipinski definition) is 3. The van der Waals surface area contributed by atoms with Crippen molar-refractivity contribution in [3.05, 3.63) is 43.1 Å². The first-order valence-electron chi connectivity index (χ1n) is 12.6. The van der Waals surface area contributed by atoms with E-state index in [0.717, 1.165) is 52.0 Å². The molecule has 1 aliphatic rings. The first kappa shape index (κ1) is 23.1. The largest absolute Gasteiger partial charge is 0.368 e. The van der Waals surface area contributed by atoms with E-state index in [0.29, 0.717) is 17.2 Å². The lowest BCUT2D eigenvalue weighted by Crippen LogP contribution is -2.29. The normalized spacial score (nSPS) is 14.4. The fourth-order valence-electron chi connectivity index (χ4n) is 4.63. The van der Waals surface area contributed by atoms with E-state index in [9.17, 15) is 4.79 Å². The number of nitrogens with zero attached hydrogens (tertiary/aromatic N) is 6. The molecule has 10 nitrogen and oxygen atoms in total. The van der Waals surface area contributed by atoms with Gasteiger partial charge in [-0.05, 0) is 31.4 Å². The summed E-state index contributed by atoms with van der Waals surface area (Å²) in [6, 6.07) is 3.92. The van der Waals surface area contributed by atoms with E-state index in [1.807, 2.05) is 45.3 Å². The maximum absolute atomic E-state index is 12.4. The summed E-state index contributed by atoms with van der Waals surface area (Å²) >= 11 is 0. The lowest BCUT2D eigenvalue weighted by atomic mass is 9.95. The van der Waals surface area contributed by atoms with Gasteiger partial charge in [-0.2, -0.15) is 5.10 Å². The van der Waals surface area contributed by atoms with Crippen LogP contribution < -0.4 is 10.2 Å². The minimum Gasteiger partial charge on any atom is -0.368 e. The Bertz CT molecular complexity index is 1610. The first-order chi connectivity index (χ1) is 17.9. The summed E-state index contributed by atoms with van der Waals surface area (Å²) in [6.45, 7) is 7.67. The van der Waals surface area contributed by atoms with E-state index in [1.54, 1.807) is 18.6 Å². The Kier molecular flexibility index (Phi) is 5.58. The summed E-state index contributed by atoms with van der Waals surface area (Å²) < 4.78 is 0. The van der Waals surface area contributed by atoms with Crippen molar-refractivity contribution < 1.29 is 4.79 Å². The van der Waals surface area contributed by atoms with Crippen LogP contribution in [0.5, 0.6) is 0 Å². The topological polar surface area (TPSA) is 128 Å². The van der Waals surface area contributed by atoms with Gasteiger partial charge in [0.2, 0.25) is 5.91 Å². The number of rotatable bonds is 4. The molecule has 10 heteroatoms. The maximum atomic E-state index is 12.4. The molecule has 0 aromatic carbocycles. The number of anilines is 2. The first-order valence-corrected chi connectivity index (χ1v) is 12.6. The summed E-state index contributed by atoms with van der Waals surface area (Å²) in [5.74, 6) is 0.618. The molecule has 1 aliphatic heterocycles. The molecule has 1 fully saturated rings. The highest BCUT2D eigenvalue weighted by atomic mass is 16.2. The fourth-order valence-corrected chi connectivity index (χ4v) is 4.63. The quantitative estimate of drug-likeness (QED) is 0.322. The molecule has 0 bridgehead atoms. The molecule has 0 unspecified atom stereocenters. The standard InChI is InChI=1S/C27H29N9O/c1-27(2,3)26(37)31-18-9-16(11-28-13-18)17-10-19-22(34-35-24(19)30-12-17)25-32-20-14-29-15-21(23(20)33-25)36-7-5-4-6-8-36/h9-15H,4-8H2,1-3H3,(H,31,37)(H,32,33)(H,30,34,35). The molecule has 188 valence electrons. The number of imidazole rings is 1. The second-order valence-electron chi connectivity index (χ2n) is 10.5. The van der Waals surface area contributed by atoms with E-state index in [4.69, 9.17) is 4.98 Å². The number of nitrogens with one attached hydrogen (secondary N) is 3. The van der Waals surface area contributed by atoms with Crippen LogP contribution in [-0.4, -0.2) is 54.1 Å². The van der Waals surface area contributed by atoms with E-state index < -0.39 is 5.41 Å². The average molecular weight is 496 g/mol. The van der Waals surface area contributed by atoms with Crippen molar-refractivity contribution in [3.8, 4) is 22.6 Å². The molecular weight excluding hydrogens is 466 g/mol. The van der Waals surface area contributed by atoms with Gasteiger partial charge in [-0.15, -0.1) is 0 Å². The molecule has 5 aromatic rings. The SMILES string of the molecule is CC(C)(C)C(=O)Nc1cncc(-c2cnc3n[nH]c(-c4nc5c(N6CCCCC6)cncc5[nH]4)c3c2)c1. The van der Waals surface area contributed by atoms with Crippen molar-refractivity contribution in [2.45, 2.75) is 40.0 Å². The zero-order chi connectivity index (χ0) is 25.6. The summed E-state index contributed by atoms with van der Waals surface area (Å²) in [4.78, 5) is 36.5. The third-order valence-electron chi connectivity index (χ3n) is 6.73. The molecule has 0 saturated carbocycles. The third-order valence-corrected chi connectivity index (χ3v) is 6.73. The highest BCUT2D eigenvalue weighted by Gasteiger charge is 2.22. The maximum Gasteiger partial charge on any atom is 0.229 e. The van der Waals surface area contributed by atoms with Crippen LogP contribution in [0, 0.1) is 5.41 Å². The molecule has 0 spiro atoms. The van der Waals surface area contributed by atoms with Gasteiger partial charge in [-0.1, -0.05) is 20.8 Å². The smallest absolute Gasteiger partial charge is 0.229 e. The van der Waals surface area contributed by atoms with Crippen molar-refractivity contribution in [1.82, 2.24) is 35.1 Å². The Hall–Kier alpha value is -4.34. The Morgan fingerprint density at radius 3 is 2.57 bits per heavy atom. The van der Waals surface area contributed by atoms with E-state index in [-0.39, 0.29) is 5.91 Å². The van der Waals surface area contributed by atoms with Crippen LogP contribution in [0.1, 0.15) is 40.0 Å².